The normalized spacial score (nSPS) is 10.8. The Balaban J connectivity index is 1.97. The predicted molar refractivity (Wildman–Crippen MR) is 88.1 cm³/mol. The third-order valence-corrected chi connectivity index (χ3v) is 4.44. The molecular formula is C16H13ClN2OS. The van der Waals surface area contributed by atoms with Gasteiger partial charge in [0.25, 0.3) is 5.91 Å². The van der Waals surface area contributed by atoms with Crippen LogP contribution in [0.2, 0.25) is 5.02 Å². The Morgan fingerprint density at radius 1 is 1.14 bits per heavy atom. The fourth-order valence-corrected chi connectivity index (χ4v) is 3.28. The molecule has 0 aliphatic rings. The van der Waals surface area contributed by atoms with Crippen molar-refractivity contribution in [3.05, 3.63) is 53.1 Å². The van der Waals surface area contributed by atoms with Crippen LogP contribution in [0.3, 0.4) is 0 Å². The molecule has 1 heterocycles. The standard InChI is InChI=1S/C16H13ClN2OS/c1-19(2)16(20)11-5-3-10(4-6-11)15-18-13-8-7-12(17)9-14(13)21-15/h3-9H,1-2H3. The van der Waals surface area contributed by atoms with E-state index in [1.54, 1.807) is 30.3 Å². The molecule has 106 valence electrons. The average molecular weight is 317 g/mol. The van der Waals surface area contributed by atoms with Crippen molar-refractivity contribution in [3.63, 3.8) is 0 Å². The fraction of sp³-hybridized carbons (Fsp3) is 0.125. The smallest absolute Gasteiger partial charge is 0.253 e. The number of hydrogen-bond acceptors (Lipinski definition) is 3. The Labute approximate surface area is 131 Å². The lowest BCUT2D eigenvalue weighted by atomic mass is 10.1. The molecule has 0 saturated carbocycles. The van der Waals surface area contributed by atoms with Crippen molar-refractivity contribution in [1.82, 2.24) is 9.88 Å². The minimum atomic E-state index is -0.00219. The topological polar surface area (TPSA) is 33.2 Å². The molecule has 0 atom stereocenters. The first-order chi connectivity index (χ1) is 10.0. The number of carbonyl (C=O) groups is 1. The van der Waals surface area contributed by atoms with Gasteiger partial charge in [-0.1, -0.05) is 23.7 Å². The molecule has 0 aliphatic heterocycles. The van der Waals surface area contributed by atoms with Gasteiger partial charge in [0.1, 0.15) is 5.01 Å². The summed E-state index contributed by atoms with van der Waals surface area (Å²) in [6.07, 6.45) is 0. The SMILES string of the molecule is CN(C)C(=O)c1ccc(-c2nc3ccc(Cl)cc3s2)cc1. The van der Waals surface area contributed by atoms with E-state index in [1.807, 2.05) is 42.5 Å². The lowest BCUT2D eigenvalue weighted by Gasteiger charge is -2.09. The Morgan fingerprint density at radius 2 is 1.86 bits per heavy atom. The summed E-state index contributed by atoms with van der Waals surface area (Å²) in [7, 11) is 3.49. The number of rotatable bonds is 2. The van der Waals surface area contributed by atoms with Crippen LogP contribution in [0.1, 0.15) is 10.4 Å². The third kappa shape index (κ3) is 2.77. The molecule has 21 heavy (non-hydrogen) atoms. The van der Waals surface area contributed by atoms with Crippen molar-refractivity contribution in [2.45, 2.75) is 0 Å². The average Bonchev–Trinajstić information content (AvgIpc) is 2.89. The molecule has 0 saturated heterocycles. The zero-order valence-electron chi connectivity index (χ0n) is 11.6. The molecule has 3 nitrogen and oxygen atoms in total. The minimum Gasteiger partial charge on any atom is -0.345 e. The highest BCUT2D eigenvalue weighted by molar-refractivity contribution is 7.21. The lowest BCUT2D eigenvalue weighted by molar-refractivity contribution is 0.0827. The number of halogens is 1. The molecule has 1 amide bonds. The number of aromatic nitrogens is 1. The molecule has 3 rings (SSSR count). The van der Waals surface area contributed by atoms with Gasteiger partial charge in [0.05, 0.1) is 10.2 Å². The van der Waals surface area contributed by atoms with Gasteiger partial charge in [0, 0.05) is 30.2 Å². The molecule has 5 heteroatoms. The summed E-state index contributed by atoms with van der Waals surface area (Å²) < 4.78 is 1.06. The molecule has 0 spiro atoms. The van der Waals surface area contributed by atoms with Crippen LogP contribution in [-0.4, -0.2) is 29.9 Å². The van der Waals surface area contributed by atoms with Gasteiger partial charge in [0.15, 0.2) is 0 Å². The second kappa shape index (κ2) is 5.47. The van der Waals surface area contributed by atoms with Crippen molar-refractivity contribution in [3.8, 4) is 10.6 Å². The van der Waals surface area contributed by atoms with Gasteiger partial charge in [-0.3, -0.25) is 4.79 Å². The minimum absolute atomic E-state index is 0.00219. The van der Waals surface area contributed by atoms with E-state index >= 15 is 0 Å². The molecule has 0 aliphatic carbocycles. The van der Waals surface area contributed by atoms with Gasteiger partial charge in [-0.05, 0) is 30.3 Å². The second-order valence-electron chi connectivity index (χ2n) is 4.91. The monoisotopic (exact) mass is 316 g/mol. The largest absolute Gasteiger partial charge is 0.345 e. The Hall–Kier alpha value is -1.91. The molecular weight excluding hydrogens is 304 g/mol. The van der Waals surface area contributed by atoms with Crippen LogP contribution < -0.4 is 0 Å². The van der Waals surface area contributed by atoms with E-state index in [0.29, 0.717) is 10.6 Å². The van der Waals surface area contributed by atoms with E-state index in [9.17, 15) is 4.79 Å². The molecule has 0 fully saturated rings. The third-order valence-electron chi connectivity index (χ3n) is 3.14. The fourth-order valence-electron chi connectivity index (χ4n) is 2.04. The summed E-state index contributed by atoms with van der Waals surface area (Å²) in [4.78, 5) is 18.0. The quantitative estimate of drug-likeness (QED) is 0.705. The molecule has 2 aromatic carbocycles. The van der Waals surface area contributed by atoms with E-state index in [-0.39, 0.29) is 5.91 Å². The van der Waals surface area contributed by atoms with Gasteiger partial charge in [0.2, 0.25) is 0 Å². The van der Waals surface area contributed by atoms with E-state index in [0.717, 1.165) is 20.8 Å². The zero-order valence-corrected chi connectivity index (χ0v) is 13.2. The maximum Gasteiger partial charge on any atom is 0.253 e. The van der Waals surface area contributed by atoms with Crippen LogP contribution in [0.15, 0.2) is 42.5 Å². The van der Waals surface area contributed by atoms with Gasteiger partial charge >= 0.3 is 0 Å². The van der Waals surface area contributed by atoms with Crippen LogP contribution in [0.4, 0.5) is 0 Å². The van der Waals surface area contributed by atoms with Crippen LogP contribution in [-0.2, 0) is 0 Å². The number of thiazole rings is 1. The summed E-state index contributed by atoms with van der Waals surface area (Å²) in [5, 5.41) is 1.64. The number of amides is 1. The van der Waals surface area contributed by atoms with E-state index < -0.39 is 0 Å². The summed E-state index contributed by atoms with van der Waals surface area (Å²) in [5.41, 5.74) is 2.61. The van der Waals surface area contributed by atoms with Crippen LogP contribution in [0, 0.1) is 0 Å². The van der Waals surface area contributed by atoms with E-state index in [2.05, 4.69) is 4.98 Å². The zero-order chi connectivity index (χ0) is 15.0. The first kappa shape index (κ1) is 14.0. The molecule has 0 N–H and O–H groups in total. The highest BCUT2D eigenvalue weighted by Crippen LogP contribution is 2.31. The number of carbonyl (C=O) groups excluding carboxylic acids is 1. The van der Waals surface area contributed by atoms with E-state index in [1.165, 1.54) is 0 Å². The molecule has 1 aromatic heterocycles. The highest BCUT2D eigenvalue weighted by atomic mass is 35.5. The Kier molecular flexibility index (Phi) is 3.66. The number of nitrogens with zero attached hydrogens (tertiary/aromatic N) is 2. The number of fused-ring (bicyclic) bond motifs is 1. The molecule has 0 bridgehead atoms. The summed E-state index contributed by atoms with van der Waals surface area (Å²) >= 11 is 7.59. The van der Waals surface area contributed by atoms with Gasteiger partial charge < -0.3 is 4.90 Å². The first-order valence-electron chi connectivity index (χ1n) is 6.43. The van der Waals surface area contributed by atoms with Crippen LogP contribution in [0.5, 0.6) is 0 Å². The number of hydrogen-bond donors (Lipinski definition) is 0. The maximum absolute atomic E-state index is 11.9. The summed E-state index contributed by atoms with van der Waals surface area (Å²) in [6.45, 7) is 0. The van der Waals surface area contributed by atoms with Gasteiger partial charge in [-0.15, -0.1) is 11.3 Å². The molecule has 0 unspecified atom stereocenters. The molecule has 3 aromatic rings. The van der Waals surface area contributed by atoms with Crippen molar-refractivity contribution in [1.29, 1.82) is 0 Å². The predicted octanol–water partition coefficient (Wildman–Crippen LogP) is 4.32. The summed E-state index contributed by atoms with van der Waals surface area (Å²) in [5.74, 6) is -0.00219. The van der Waals surface area contributed by atoms with Gasteiger partial charge in [-0.25, -0.2) is 4.98 Å². The van der Waals surface area contributed by atoms with Crippen molar-refractivity contribution in [2.24, 2.45) is 0 Å². The van der Waals surface area contributed by atoms with Gasteiger partial charge in [-0.2, -0.15) is 0 Å². The second-order valence-corrected chi connectivity index (χ2v) is 6.38. The van der Waals surface area contributed by atoms with Crippen LogP contribution >= 0.6 is 22.9 Å². The maximum atomic E-state index is 11.9. The molecule has 0 radical (unpaired) electrons. The van der Waals surface area contributed by atoms with Crippen molar-refractivity contribution >= 4 is 39.1 Å². The summed E-state index contributed by atoms with van der Waals surface area (Å²) in [6, 6.07) is 13.2. The van der Waals surface area contributed by atoms with E-state index in [4.69, 9.17) is 11.6 Å². The Bertz CT molecular complexity index is 809. The van der Waals surface area contributed by atoms with Crippen molar-refractivity contribution in [2.75, 3.05) is 14.1 Å². The van der Waals surface area contributed by atoms with Crippen molar-refractivity contribution < 1.29 is 4.79 Å². The van der Waals surface area contributed by atoms with Crippen LogP contribution in [0.25, 0.3) is 20.8 Å². The Morgan fingerprint density at radius 3 is 2.52 bits per heavy atom. The lowest BCUT2D eigenvalue weighted by Crippen LogP contribution is -2.21. The number of benzene rings is 2. The highest BCUT2D eigenvalue weighted by Gasteiger charge is 2.10. The first-order valence-corrected chi connectivity index (χ1v) is 7.62.